The van der Waals surface area contributed by atoms with Gasteiger partial charge in [-0.05, 0) is 50.7 Å². The summed E-state index contributed by atoms with van der Waals surface area (Å²) in [6.07, 6.45) is 13.5. The molecule has 0 aromatic carbocycles. The Morgan fingerprint density at radius 3 is 2.80 bits per heavy atom. The zero-order valence-corrected chi connectivity index (χ0v) is 17.8. The number of rotatable bonds is 10. The van der Waals surface area contributed by atoms with Crippen LogP contribution >= 0.6 is 0 Å². The lowest BCUT2D eigenvalue weighted by molar-refractivity contribution is -0.147. The van der Waals surface area contributed by atoms with Gasteiger partial charge in [0, 0.05) is 50.3 Å². The van der Waals surface area contributed by atoms with Crippen molar-refractivity contribution in [2.24, 2.45) is 11.8 Å². The van der Waals surface area contributed by atoms with E-state index in [1.54, 1.807) is 24.2 Å². The Labute approximate surface area is 179 Å². The van der Waals surface area contributed by atoms with Crippen molar-refractivity contribution in [2.75, 3.05) is 44.2 Å². The van der Waals surface area contributed by atoms with E-state index in [4.69, 9.17) is 11.2 Å². The van der Waals surface area contributed by atoms with Crippen LogP contribution in [0.15, 0.2) is 24.5 Å². The number of carbonyl (C=O) groups excluding carboxylic acids is 2. The minimum absolute atomic E-state index is 0.00696. The van der Waals surface area contributed by atoms with Gasteiger partial charge in [-0.3, -0.25) is 14.6 Å². The van der Waals surface area contributed by atoms with E-state index >= 15 is 0 Å². The van der Waals surface area contributed by atoms with E-state index in [0.29, 0.717) is 18.5 Å². The van der Waals surface area contributed by atoms with Crippen LogP contribution in [-0.2, 0) is 14.3 Å². The van der Waals surface area contributed by atoms with Gasteiger partial charge < -0.3 is 19.9 Å². The highest BCUT2D eigenvalue weighted by atomic mass is 16.5. The summed E-state index contributed by atoms with van der Waals surface area (Å²) in [6, 6.07) is 4.47. The summed E-state index contributed by atoms with van der Waals surface area (Å²) >= 11 is 0. The molecule has 1 aromatic rings. The number of pyridine rings is 1. The maximum atomic E-state index is 13.0. The van der Waals surface area contributed by atoms with E-state index < -0.39 is 11.9 Å². The fraction of sp³-hybridized carbons (Fsp3) is 0.609. The fourth-order valence-electron chi connectivity index (χ4n) is 3.88. The number of ether oxygens (including phenoxy) is 1. The van der Waals surface area contributed by atoms with Crippen molar-refractivity contribution in [1.82, 2.24) is 15.2 Å². The molecule has 7 nitrogen and oxygen atoms in total. The number of piperidine rings is 1. The predicted octanol–water partition coefficient (Wildman–Crippen LogP) is 1.69. The maximum absolute atomic E-state index is 13.0. The Hall–Kier alpha value is -2.59. The second kappa shape index (κ2) is 11.0. The molecule has 0 bridgehead atoms. The van der Waals surface area contributed by atoms with Crippen molar-refractivity contribution < 1.29 is 14.3 Å². The summed E-state index contributed by atoms with van der Waals surface area (Å²) in [4.78, 5) is 33.4. The van der Waals surface area contributed by atoms with Crippen molar-refractivity contribution in [3.63, 3.8) is 0 Å². The summed E-state index contributed by atoms with van der Waals surface area (Å²) in [5.41, 5.74) is 1.15. The number of anilines is 1. The van der Waals surface area contributed by atoms with E-state index in [-0.39, 0.29) is 25.6 Å². The first-order valence-corrected chi connectivity index (χ1v) is 10.9. The standard InChI is InChI=1S/C23H32N4O3/c1-3-19(23(29)30-4-2)17-27(22(28)14-25-20-7-8-20)16-18-6-5-13-26(15-18)21-9-11-24-12-10-21/h1,9-12,18-20,25H,4-8,13-17H2,2H3/t18?,19-/m0/s1. The molecule has 1 saturated carbocycles. The number of esters is 1. The summed E-state index contributed by atoms with van der Waals surface area (Å²) in [5, 5.41) is 3.28. The average molecular weight is 413 g/mol. The molecule has 3 rings (SSSR count). The second-order valence-electron chi connectivity index (χ2n) is 8.08. The normalized spacial score (nSPS) is 19.6. The number of hydrogen-bond acceptors (Lipinski definition) is 6. The number of carbonyl (C=O) groups is 2. The predicted molar refractivity (Wildman–Crippen MR) is 116 cm³/mol. The van der Waals surface area contributed by atoms with Crippen molar-refractivity contribution in [2.45, 2.75) is 38.6 Å². The molecule has 2 fully saturated rings. The Balaban J connectivity index is 1.65. The van der Waals surface area contributed by atoms with E-state index in [1.807, 2.05) is 12.1 Å². The highest BCUT2D eigenvalue weighted by molar-refractivity contribution is 5.80. The topological polar surface area (TPSA) is 74.8 Å². The summed E-state index contributed by atoms with van der Waals surface area (Å²) in [7, 11) is 0. The average Bonchev–Trinajstić information content (AvgIpc) is 3.60. The molecule has 1 amide bonds. The fourth-order valence-corrected chi connectivity index (χ4v) is 3.88. The molecule has 0 spiro atoms. The number of nitrogens with zero attached hydrogens (tertiary/aromatic N) is 3. The first-order chi connectivity index (χ1) is 14.6. The van der Waals surface area contributed by atoms with Crippen LogP contribution in [0.3, 0.4) is 0 Å². The Morgan fingerprint density at radius 2 is 2.13 bits per heavy atom. The van der Waals surface area contributed by atoms with E-state index in [9.17, 15) is 9.59 Å². The van der Waals surface area contributed by atoms with Gasteiger partial charge in [-0.1, -0.05) is 5.92 Å². The van der Waals surface area contributed by atoms with Gasteiger partial charge in [0.25, 0.3) is 0 Å². The van der Waals surface area contributed by atoms with Crippen molar-refractivity contribution >= 4 is 17.6 Å². The molecular formula is C23H32N4O3. The number of aromatic nitrogens is 1. The monoisotopic (exact) mass is 412 g/mol. The summed E-state index contributed by atoms with van der Waals surface area (Å²) in [5.74, 6) is 1.65. The van der Waals surface area contributed by atoms with Gasteiger partial charge in [-0.15, -0.1) is 6.42 Å². The van der Waals surface area contributed by atoms with Crippen LogP contribution in [0, 0.1) is 24.2 Å². The quantitative estimate of drug-likeness (QED) is 0.466. The summed E-state index contributed by atoms with van der Waals surface area (Å²) < 4.78 is 5.10. The van der Waals surface area contributed by atoms with Gasteiger partial charge in [0.05, 0.1) is 13.2 Å². The van der Waals surface area contributed by atoms with Crippen LogP contribution in [0.2, 0.25) is 0 Å². The van der Waals surface area contributed by atoms with Gasteiger partial charge in [-0.25, -0.2) is 0 Å². The SMILES string of the molecule is C#C[C@@H](CN(CC1CCCN(c2ccncc2)C1)C(=O)CNC1CC1)C(=O)OCC. The maximum Gasteiger partial charge on any atom is 0.322 e. The number of nitrogens with one attached hydrogen (secondary N) is 1. The van der Waals surface area contributed by atoms with Crippen molar-refractivity contribution in [3.05, 3.63) is 24.5 Å². The molecule has 1 aliphatic carbocycles. The number of amides is 1. The molecule has 1 N–H and O–H groups in total. The third-order valence-electron chi connectivity index (χ3n) is 5.67. The Bertz CT molecular complexity index is 745. The van der Waals surface area contributed by atoms with Crippen LogP contribution in [-0.4, -0.2) is 67.1 Å². The molecule has 1 aliphatic heterocycles. The molecule has 30 heavy (non-hydrogen) atoms. The first-order valence-electron chi connectivity index (χ1n) is 10.9. The lowest BCUT2D eigenvalue weighted by Gasteiger charge is -2.37. The van der Waals surface area contributed by atoms with E-state index in [0.717, 1.165) is 44.5 Å². The van der Waals surface area contributed by atoms with E-state index in [2.05, 4.69) is 21.1 Å². The molecule has 7 heteroatoms. The zero-order chi connectivity index (χ0) is 21.3. The minimum Gasteiger partial charge on any atom is -0.465 e. The van der Waals surface area contributed by atoms with Gasteiger partial charge in [0.15, 0.2) is 0 Å². The molecule has 0 radical (unpaired) electrons. The summed E-state index contributed by atoms with van der Waals surface area (Å²) in [6.45, 7) is 4.96. The van der Waals surface area contributed by atoms with Crippen LogP contribution in [0.1, 0.15) is 32.6 Å². The first kappa shape index (κ1) is 22.1. The van der Waals surface area contributed by atoms with Gasteiger partial charge in [-0.2, -0.15) is 0 Å². The third kappa shape index (κ3) is 6.46. The zero-order valence-electron chi connectivity index (χ0n) is 17.8. The second-order valence-corrected chi connectivity index (χ2v) is 8.08. The number of hydrogen-bond donors (Lipinski definition) is 1. The molecular weight excluding hydrogens is 380 g/mol. The highest BCUT2D eigenvalue weighted by Gasteiger charge is 2.29. The smallest absolute Gasteiger partial charge is 0.322 e. The van der Waals surface area contributed by atoms with Crippen LogP contribution in [0.4, 0.5) is 5.69 Å². The van der Waals surface area contributed by atoms with Gasteiger partial charge >= 0.3 is 5.97 Å². The molecule has 1 unspecified atom stereocenters. The Kier molecular flexibility index (Phi) is 8.09. The van der Waals surface area contributed by atoms with Crippen LogP contribution in [0.5, 0.6) is 0 Å². The van der Waals surface area contributed by atoms with Crippen molar-refractivity contribution in [1.29, 1.82) is 0 Å². The lowest BCUT2D eigenvalue weighted by atomic mass is 9.96. The molecule has 162 valence electrons. The highest BCUT2D eigenvalue weighted by Crippen LogP contribution is 2.24. The van der Waals surface area contributed by atoms with Crippen LogP contribution < -0.4 is 10.2 Å². The van der Waals surface area contributed by atoms with Crippen molar-refractivity contribution in [3.8, 4) is 12.3 Å². The van der Waals surface area contributed by atoms with Crippen LogP contribution in [0.25, 0.3) is 0 Å². The Morgan fingerprint density at radius 1 is 1.37 bits per heavy atom. The lowest BCUT2D eigenvalue weighted by Crippen LogP contribution is -2.47. The third-order valence-corrected chi connectivity index (χ3v) is 5.67. The minimum atomic E-state index is -0.741. The molecule has 1 saturated heterocycles. The molecule has 1 aromatic heterocycles. The molecule has 2 aliphatic rings. The van der Waals surface area contributed by atoms with Gasteiger partial charge in [0.1, 0.15) is 5.92 Å². The number of terminal acetylenes is 1. The largest absolute Gasteiger partial charge is 0.465 e. The van der Waals surface area contributed by atoms with Gasteiger partial charge in [0.2, 0.25) is 5.91 Å². The molecule has 2 heterocycles. The molecule has 2 atom stereocenters. The van der Waals surface area contributed by atoms with E-state index in [1.165, 1.54) is 0 Å².